The second-order valence-electron chi connectivity index (χ2n) is 22.0. The quantitative estimate of drug-likeness (QED) is 0.0198. The molecule has 0 spiro atoms. The third kappa shape index (κ3) is 29.9. The van der Waals surface area contributed by atoms with Gasteiger partial charge in [-0.2, -0.15) is 13.2 Å². The maximum atomic E-state index is 13.9. The average Bonchev–Trinajstić information content (AvgIpc) is 3.65. The van der Waals surface area contributed by atoms with Gasteiger partial charge in [-0.25, -0.2) is 28.4 Å². The molecule has 0 bridgehead atoms. The number of aliphatic carboxylic acids is 1. The molecular formula is C62H82F4N8O14. The van der Waals surface area contributed by atoms with E-state index in [-0.39, 0.29) is 57.9 Å². The predicted molar refractivity (Wildman–Crippen MR) is 316 cm³/mol. The molecule has 0 aromatic heterocycles. The lowest BCUT2D eigenvalue weighted by atomic mass is 10.0. The lowest BCUT2D eigenvalue weighted by Gasteiger charge is -2.27. The molecule has 4 aromatic carbocycles. The number of carbonyl (C=O) groups excluding carboxylic acids is 8. The Balaban J connectivity index is 0.000000536. The van der Waals surface area contributed by atoms with Gasteiger partial charge in [0.05, 0.1) is 18.4 Å². The highest BCUT2D eigenvalue weighted by molar-refractivity contribution is 5.94. The summed E-state index contributed by atoms with van der Waals surface area (Å²) >= 11 is 0. The van der Waals surface area contributed by atoms with E-state index in [1.54, 1.807) is 84.0 Å². The van der Waals surface area contributed by atoms with Crippen LogP contribution in [0.4, 0.5) is 36.7 Å². The van der Waals surface area contributed by atoms with E-state index in [0.717, 1.165) is 22.8 Å². The molecule has 0 heterocycles. The SMILES string of the molecule is CCCN(CCNC(=O)OCc1ccccc1)C(=O)C[C@H](NC(=O)OC(C)(C)C)C(=O)N[C@@H](CCc1ccccc1)C(=O)NCc1ccc(F)c(C(F)(F)F)c1.CCCN(CCNC(=O)OCc1ccccc1)C(=O)C[C@H](NC(=O)OC(C)(C)C)C(=O)O. The molecule has 0 saturated carbocycles. The van der Waals surface area contributed by atoms with Crippen LogP contribution in [-0.2, 0) is 75.3 Å². The summed E-state index contributed by atoms with van der Waals surface area (Å²) in [5, 5.41) is 24.3. The van der Waals surface area contributed by atoms with Gasteiger partial charge in [-0.15, -0.1) is 0 Å². The van der Waals surface area contributed by atoms with Crippen LogP contribution in [0.3, 0.4) is 0 Å². The number of hydrogen-bond acceptors (Lipinski definition) is 13. The molecule has 0 unspecified atom stereocenters. The number of carboxylic acids is 1. The van der Waals surface area contributed by atoms with Crippen molar-refractivity contribution in [1.82, 2.24) is 41.7 Å². The molecule has 0 saturated heterocycles. The molecule has 0 aliphatic rings. The normalized spacial score (nSPS) is 12.2. The van der Waals surface area contributed by atoms with Crippen molar-refractivity contribution < 1.29 is 84.8 Å². The largest absolute Gasteiger partial charge is 0.480 e. The lowest BCUT2D eigenvalue weighted by Crippen LogP contribution is -2.55. The monoisotopic (exact) mass is 1240 g/mol. The van der Waals surface area contributed by atoms with Gasteiger partial charge in [-0.1, -0.05) is 111 Å². The van der Waals surface area contributed by atoms with Crippen LogP contribution >= 0.6 is 0 Å². The zero-order chi connectivity index (χ0) is 65.5. The van der Waals surface area contributed by atoms with Crippen LogP contribution in [0.25, 0.3) is 0 Å². The summed E-state index contributed by atoms with van der Waals surface area (Å²) in [5.74, 6) is -5.50. The summed E-state index contributed by atoms with van der Waals surface area (Å²) in [6, 6.07) is 25.3. The van der Waals surface area contributed by atoms with Crippen molar-refractivity contribution in [3.8, 4) is 0 Å². The first-order valence-electron chi connectivity index (χ1n) is 28.6. The maximum absolute atomic E-state index is 13.9. The number of aryl methyl sites for hydroxylation is 1. The Kier molecular flexibility index (Phi) is 30.7. The van der Waals surface area contributed by atoms with Gasteiger partial charge in [0.15, 0.2) is 0 Å². The van der Waals surface area contributed by atoms with E-state index in [4.69, 9.17) is 18.9 Å². The molecule has 22 nitrogen and oxygen atoms in total. The second kappa shape index (κ2) is 36.9. The van der Waals surface area contributed by atoms with E-state index in [0.29, 0.717) is 37.9 Å². The Morgan fingerprint density at radius 3 is 1.36 bits per heavy atom. The third-order valence-electron chi connectivity index (χ3n) is 12.2. The van der Waals surface area contributed by atoms with Crippen LogP contribution in [-0.4, -0.2) is 137 Å². The molecule has 0 fully saturated rings. The molecule has 0 aliphatic carbocycles. The number of amides is 8. The second-order valence-corrected chi connectivity index (χ2v) is 22.0. The molecule has 26 heteroatoms. The van der Waals surface area contributed by atoms with Gasteiger partial charge in [0, 0.05) is 45.8 Å². The number of halogens is 4. The Labute approximate surface area is 510 Å². The first kappa shape index (κ1) is 73.3. The molecule has 3 atom stereocenters. The molecule has 7 N–H and O–H groups in total. The van der Waals surface area contributed by atoms with E-state index in [2.05, 4.69) is 31.9 Å². The topological polar surface area (TPSA) is 289 Å². The number of nitrogens with zero attached hydrogens (tertiary/aromatic N) is 2. The number of rotatable bonds is 29. The summed E-state index contributed by atoms with van der Waals surface area (Å²) < 4.78 is 74.5. The number of carbonyl (C=O) groups is 9. The van der Waals surface area contributed by atoms with Crippen LogP contribution < -0.4 is 31.9 Å². The third-order valence-corrected chi connectivity index (χ3v) is 12.2. The number of hydrogen-bond donors (Lipinski definition) is 7. The van der Waals surface area contributed by atoms with Crippen LogP contribution in [0.15, 0.2) is 109 Å². The fourth-order valence-electron chi connectivity index (χ4n) is 8.02. The first-order chi connectivity index (χ1) is 41.5. The highest BCUT2D eigenvalue weighted by Crippen LogP contribution is 2.32. The van der Waals surface area contributed by atoms with Crippen molar-refractivity contribution in [1.29, 1.82) is 0 Å². The van der Waals surface area contributed by atoms with Gasteiger partial charge in [-0.05, 0) is 102 Å². The van der Waals surface area contributed by atoms with Crippen LogP contribution in [0, 0.1) is 5.82 Å². The summed E-state index contributed by atoms with van der Waals surface area (Å²) in [4.78, 5) is 117. The zero-order valence-corrected chi connectivity index (χ0v) is 50.9. The minimum atomic E-state index is -4.96. The van der Waals surface area contributed by atoms with Gasteiger partial charge >= 0.3 is 36.5 Å². The van der Waals surface area contributed by atoms with E-state index < -0.39 is 120 Å². The molecule has 8 amide bonds. The number of carboxylic acid groups (broad SMARTS) is 1. The standard InChI is InChI=1S/C40H49F4N5O7.C22H33N3O7/c1-5-21-49(22-20-45-37(53)55-26-28-14-10-7-11-15-28)34(50)24-33(48-38(54)56-39(2,3)4)36(52)47-32(19-17-27-12-8-6-9-13-27)35(51)46-25-29-16-18-31(41)30(23-29)40(42,43)44;1-5-12-25(13-11-23-20(29)31-15-16-9-7-6-8-10-16)18(26)14-17(19(27)28)24-21(30)32-22(2,3)4/h6-16,18,23,32-33H,5,17,19-22,24-26H2,1-4H3,(H,45,53)(H,46,51)(H,47,52)(H,48,54);6-10,17H,5,11-15H2,1-4H3,(H,23,29)(H,24,30)(H,27,28)/t32-,33-;17-/m00/s1. The van der Waals surface area contributed by atoms with Crippen molar-refractivity contribution in [2.75, 3.05) is 39.3 Å². The maximum Gasteiger partial charge on any atom is 0.419 e. The van der Waals surface area contributed by atoms with E-state index >= 15 is 0 Å². The van der Waals surface area contributed by atoms with Gasteiger partial charge in [0.2, 0.25) is 23.6 Å². The smallest absolute Gasteiger partial charge is 0.419 e. The first-order valence-corrected chi connectivity index (χ1v) is 28.6. The Hall–Kier alpha value is -8.97. The van der Waals surface area contributed by atoms with E-state index in [9.17, 15) is 65.8 Å². The van der Waals surface area contributed by atoms with Crippen molar-refractivity contribution in [3.05, 3.63) is 143 Å². The van der Waals surface area contributed by atoms with Crippen LogP contribution in [0.1, 0.15) is 115 Å². The zero-order valence-electron chi connectivity index (χ0n) is 50.9. The number of alkyl halides is 3. The summed E-state index contributed by atoms with van der Waals surface area (Å²) in [6.07, 6.45) is -7.68. The summed E-state index contributed by atoms with van der Waals surface area (Å²) in [6.45, 7) is 14.2. The number of ether oxygens (including phenoxy) is 4. The average molecular weight is 1240 g/mol. The lowest BCUT2D eigenvalue weighted by molar-refractivity contribution is -0.143. The molecule has 88 heavy (non-hydrogen) atoms. The number of benzene rings is 4. The highest BCUT2D eigenvalue weighted by atomic mass is 19.4. The molecule has 4 aromatic rings. The Bertz CT molecular complexity index is 2880. The van der Waals surface area contributed by atoms with Crippen LogP contribution in [0.5, 0.6) is 0 Å². The van der Waals surface area contributed by atoms with Crippen LogP contribution in [0.2, 0.25) is 0 Å². The molecular weight excluding hydrogens is 1160 g/mol. The minimum Gasteiger partial charge on any atom is -0.480 e. The Morgan fingerprint density at radius 1 is 0.511 bits per heavy atom. The fourth-order valence-corrected chi connectivity index (χ4v) is 8.02. The van der Waals surface area contributed by atoms with Crippen molar-refractivity contribution in [2.24, 2.45) is 0 Å². The van der Waals surface area contributed by atoms with Crippen molar-refractivity contribution >= 4 is 54.0 Å². The predicted octanol–water partition coefficient (Wildman–Crippen LogP) is 8.55. The number of alkyl carbamates (subject to hydrolysis) is 4. The van der Waals surface area contributed by atoms with Crippen molar-refractivity contribution in [3.63, 3.8) is 0 Å². The molecule has 0 aliphatic heterocycles. The number of nitrogens with one attached hydrogen (secondary N) is 6. The molecule has 0 radical (unpaired) electrons. The molecule has 4 rings (SSSR count). The molecule has 482 valence electrons. The highest BCUT2D eigenvalue weighted by Gasteiger charge is 2.35. The van der Waals surface area contributed by atoms with E-state index in [1.165, 1.54) is 9.80 Å². The van der Waals surface area contributed by atoms with Gasteiger partial charge < -0.3 is 65.8 Å². The van der Waals surface area contributed by atoms with Crippen molar-refractivity contribution in [2.45, 2.75) is 149 Å². The van der Waals surface area contributed by atoms with Gasteiger partial charge in [0.1, 0.15) is 48.4 Å². The Morgan fingerprint density at radius 2 is 0.943 bits per heavy atom. The van der Waals surface area contributed by atoms with Gasteiger partial charge in [-0.3, -0.25) is 19.2 Å². The van der Waals surface area contributed by atoms with Gasteiger partial charge in [0.25, 0.3) is 0 Å². The fraction of sp³-hybridized carbons (Fsp3) is 0.468. The summed E-state index contributed by atoms with van der Waals surface area (Å²) in [5.41, 5.74) is -0.831. The summed E-state index contributed by atoms with van der Waals surface area (Å²) in [7, 11) is 0. The minimum absolute atomic E-state index is 0.0238. The van der Waals surface area contributed by atoms with E-state index in [1.807, 2.05) is 62.4 Å².